The topological polar surface area (TPSA) is 64.7 Å². The molecule has 2 aromatic rings. The summed E-state index contributed by atoms with van der Waals surface area (Å²) in [6.07, 6.45) is 4.29. The van der Waals surface area contributed by atoms with Crippen LogP contribution in [0.4, 0.5) is 0 Å². The smallest absolute Gasteiger partial charge is 0.241 e. The fraction of sp³-hybridized carbons (Fsp3) is 0.462. The summed E-state index contributed by atoms with van der Waals surface area (Å²) in [4.78, 5) is 11.7. The zero-order valence-corrected chi connectivity index (χ0v) is 12.4. The second-order valence-corrected chi connectivity index (χ2v) is 5.07. The summed E-state index contributed by atoms with van der Waals surface area (Å²) in [7, 11) is 0. The van der Waals surface area contributed by atoms with Gasteiger partial charge in [-0.15, -0.1) is 0 Å². The fourth-order valence-corrected chi connectivity index (χ4v) is 1.98. The Morgan fingerprint density at radius 1 is 1.45 bits per heavy atom. The van der Waals surface area contributed by atoms with Gasteiger partial charge < -0.3 is 5.32 Å². The lowest BCUT2D eigenvalue weighted by atomic mass is 10.4. The van der Waals surface area contributed by atoms with Gasteiger partial charge in [0, 0.05) is 31.2 Å². The fourth-order valence-electron chi connectivity index (χ4n) is 1.83. The molecule has 0 spiro atoms. The molecule has 1 N–H and O–H groups in total. The van der Waals surface area contributed by atoms with E-state index in [1.54, 1.807) is 21.8 Å². The van der Waals surface area contributed by atoms with Crippen molar-refractivity contribution in [1.82, 2.24) is 24.9 Å². The molecule has 6 nitrogen and oxygen atoms in total. The zero-order chi connectivity index (χ0) is 14.5. The third-order valence-electron chi connectivity index (χ3n) is 2.99. The summed E-state index contributed by atoms with van der Waals surface area (Å²) < 4.78 is 3.47. The summed E-state index contributed by atoms with van der Waals surface area (Å²) >= 11 is 5.92. The molecule has 2 heterocycles. The monoisotopic (exact) mass is 295 g/mol. The summed E-state index contributed by atoms with van der Waals surface area (Å²) in [5.74, 6) is -0.0357. The van der Waals surface area contributed by atoms with Crippen LogP contribution in [0, 0.1) is 13.8 Å². The van der Waals surface area contributed by atoms with Gasteiger partial charge in [-0.05, 0) is 26.3 Å². The number of hydrogen-bond acceptors (Lipinski definition) is 3. The predicted octanol–water partition coefficient (Wildman–Crippen LogP) is 1.56. The van der Waals surface area contributed by atoms with E-state index in [9.17, 15) is 4.79 Å². The van der Waals surface area contributed by atoms with Crippen LogP contribution < -0.4 is 5.32 Å². The molecule has 0 aliphatic carbocycles. The summed E-state index contributed by atoms with van der Waals surface area (Å²) in [5, 5.41) is 11.9. The number of nitrogens with zero attached hydrogens (tertiary/aromatic N) is 4. The first-order valence-corrected chi connectivity index (χ1v) is 6.88. The van der Waals surface area contributed by atoms with Gasteiger partial charge in [-0.1, -0.05) is 11.6 Å². The van der Waals surface area contributed by atoms with Crippen LogP contribution in [0.15, 0.2) is 18.5 Å². The van der Waals surface area contributed by atoms with E-state index < -0.39 is 0 Å². The maximum absolute atomic E-state index is 11.7. The van der Waals surface area contributed by atoms with E-state index in [2.05, 4.69) is 15.5 Å². The van der Waals surface area contributed by atoms with Crippen LogP contribution in [0.1, 0.15) is 17.8 Å². The molecule has 7 heteroatoms. The van der Waals surface area contributed by atoms with Crippen LogP contribution in [0.2, 0.25) is 5.02 Å². The minimum absolute atomic E-state index is 0.0357. The first kappa shape index (κ1) is 14.6. The van der Waals surface area contributed by atoms with Gasteiger partial charge in [-0.25, -0.2) is 0 Å². The highest BCUT2D eigenvalue weighted by Crippen LogP contribution is 2.11. The number of rotatable bonds is 6. The Balaban J connectivity index is 1.68. The van der Waals surface area contributed by atoms with Gasteiger partial charge in [0.05, 0.1) is 10.7 Å². The third-order valence-corrected chi connectivity index (χ3v) is 3.37. The highest BCUT2D eigenvalue weighted by Gasteiger charge is 2.05. The van der Waals surface area contributed by atoms with Crippen molar-refractivity contribution in [3.63, 3.8) is 0 Å². The molecule has 0 saturated heterocycles. The maximum atomic E-state index is 11.7. The van der Waals surface area contributed by atoms with Gasteiger partial charge in [-0.3, -0.25) is 14.2 Å². The van der Waals surface area contributed by atoms with Crippen LogP contribution in [-0.4, -0.2) is 32.0 Å². The van der Waals surface area contributed by atoms with Crippen molar-refractivity contribution < 1.29 is 4.79 Å². The zero-order valence-electron chi connectivity index (χ0n) is 11.6. The van der Waals surface area contributed by atoms with Crippen LogP contribution in [0.25, 0.3) is 0 Å². The van der Waals surface area contributed by atoms with Gasteiger partial charge in [0.15, 0.2) is 0 Å². The SMILES string of the molecule is Cc1nn(CCCNC(=O)Cn2nccc2C)cc1Cl. The van der Waals surface area contributed by atoms with Crippen LogP contribution >= 0.6 is 11.6 Å². The van der Waals surface area contributed by atoms with Gasteiger partial charge in [0.2, 0.25) is 5.91 Å². The highest BCUT2D eigenvalue weighted by atomic mass is 35.5. The Labute approximate surface area is 122 Å². The Kier molecular flexibility index (Phi) is 4.79. The van der Waals surface area contributed by atoms with Crippen molar-refractivity contribution >= 4 is 17.5 Å². The molecule has 0 atom stereocenters. The molecular formula is C13H18ClN5O. The number of nitrogens with one attached hydrogen (secondary N) is 1. The maximum Gasteiger partial charge on any atom is 0.241 e. The Bertz CT molecular complexity index is 570. The number of amides is 1. The van der Waals surface area contributed by atoms with Crippen molar-refractivity contribution in [3.05, 3.63) is 34.9 Å². The van der Waals surface area contributed by atoms with Gasteiger partial charge in [-0.2, -0.15) is 10.2 Å². The van der Waals surface area contributed by atoms with E-state index >= 15 is 0 Å². The first-order valence-electron chi connectivity index (χ1n) is 6.51. The molecule has 0 radical (unpaired) electrons. The van der Waals surface area contributed by atoms with E-state index in [0.717, 1.165) is 24.4 Å². The normalized spacial score (nSPS) is 10.8. The van der Waals surface area contributed by atoms with E-state index in [4.69, 9.17) is 11.6 Å². The van der Waals surface area contributed by atoms with Gasteiger partial charge in [0.25, 0.3) is 0 Å². The van der Waals surface area contributed by atoms with Crippen LogP contribution in [0.5, 0.6) is 0 Å². The summed E-state index contributed by atoms with van der Waals surface area (Å²) in [5.41, 5.74) is 1.80. The van der Waals surface area contributed by atoms with E-state index in [0.29, 0.717) is 11.6 Å². The molecule has 0 aliphatic heterocycles. The van der Waals surface area contributed by atoms with Crippen molar-refractivity contribution in [1.29, 1.82) is 0 Å². The quantitative estimate of drug-likeness (QED) is 0.823. The second-order valence-electron chi connectivity index (χ2n) is 4.66. The number of aromatic nitrogens is 4. The number of hydrogen-bond donors (Lipinski definition) is 1. The standard InChI is InChI=1S/C13H18ClN5O/c1-10-4-6-16-19(10)9-13(20)15-5-3-7-18-8-12(14)11(2)17-18/h4,6,8H,3,5,7,9H2,1-2H3,(H,15,20). The molecule has 0 fully saturated rings. The number of carbonyl (C=O) groups is 1. The lowest BCUT2D eigenvalue weighted by Crippen LogP contribution is -2.29. The molecule has 108 valence electrons. The van der Waals surface area contributed by atoms with Gasteiger partial charge in [0.1, 0.15) is 6.54 Å². The lowest BCUT2D eigenvalue weighted by molar-refractivity contribution is -0.121. The minimum Gasteiger partial charge on any atom is -0.354 e. The van der Waals surface area contributed by atoms with Gasteiger partial charge >= 0.3 is 0 Å². The Hall–Kier alpha value is -1.82. The van der Waals surface area contributed by atoms with Crippen molar-refractivity contribution in [2.24, 2.45) is 0 Å². The number of carbonyl (C=O) groups excluding carboxylic acids is 1. The number of aryl methyl sites for hydroxylation is 3. The summed E-state index contributed by atoms with van der Waals surface area (Å²) in [6, 6.07) is 1.87. The molecule has 2 aromatic heterocycles. The van der Waals surface area contributed by atoms with E-state index in [-0.39, 0.29) is 12.5 Å². The Morgan fingerprint density at radius 2 is 2.25 bits per heavy atom. The molecular weight excluding hydrogens is 278 g/mol. The minimum atomic E-state index is -0.0357. The van der Waals surface area contributed by atoms with Crippen LogP contribution in [0.3, 0.4) is 0 Å². The largest absolute Gasteiger partial charge is 0.354 e. The molecule has 2 rings (SSSR count). The Morgan fingerprint density at radius 3 is 2.85 bits per heavy atom. The molecule has 0 unspecified atom stereocenters. The second kappa shape index (κ2) is 6.56. The third kappa shape index (κ3) is 3.84. The number of halogens is 1. The predicted molar refractivity (Wildman–Crippen MR) is 76.6 cm³/mol. The average Bonchev–Trinajstić information content (AvgIpc) is 2.93. The molecule has 0 aliphatic rings. The first-order chi connectivity index (χ1) is 9.56. The van der Waals surface area contributed by atoms with Crippen molar-refractivity contribution in [3.8, 4) is 0 Å². The van der Waals surface area contributed by atoms with E-state index in [1.165, 1.54) is 0 Å². The highest BCUT2D eigenvalue weighted by molar-refractivity contribution is 6.31. The molecule has 0 saturated carbocycles. The summed E-state index contributed by atoms with van der Waals surface area (Å²) in [6.45, 7) is 5.38. The molecule has 1 amide bonds. The lowest BCUT2D eigenvalue weighted by Gasteiger charge is -2.06. The van der Waals surface area contributed by atoms with E-state index in [1.807, 2.05) is 19.9 Å². The van der Waals surface area contributed by atoms with Crippen molar-refractivity contribution in [2.75, 3.05) is 6.54 Å². The molecule has 0 bridgehead atoms. The van der Waals surface area contributed by atoms with Crippen molar-refractivity contribution in [2.45, 2.75) is 33.4 Å². The van der Waals surface area contributed by atoms with Crippen LogP contribution in [-0.2, 0) is 17.9 Å². The molecule has 20 heavy (non-hydrogen) atoms. The average molecular weight is 296 g/mol. The molecule has 0 aromatic carbocycles.